The number of methoxy groups -OCH3 is 1. The average Bonchev–Trinajstić information content (AvgIpc) is 2.91. The van der Waals surface area contributed by atoms with E-state index in [-0.39, 0.29) is 11.9 Å². The van der Waals surface area contributed by atoms with E-state index < -0.39 is 0 Å². The van der Waals surface area contributed by atoms with E-state index in [1.54, 1.807) is 7.11 Å². The van der Waals surface area contributed by atoms with Crippen molar-refractivity contribution in [1.82, 2.24) is 0 Å². The van der Waals surface area contributed by atoms with Crippen LogP contribution in [-0.4, -0.2) is 13.1 Å². The van der Waals surface area contributed by atoms with E-state index in [1.807, 2.05) is 60.7 Å². The Kier molecular flexibility index (Phi) is 2.86. The molecule has 0 aliphatic carbocycles. The van der Waals surface area contributed by atoms with Crippen LogP contribution < -0.4 is 9.47 Å². The summed E-state index contributed by atoms with van der Waals surface area (Å²) in [5.41, 5.74) is 1.87. The fourth-order valence-electron chi connectivity index (χ4n) is 3.05. The molecule has 0 saturated carbocycles. The van der Waals surface area contributed by atoms with Crippen molar-refractivity contribution in [3.05, 3.63) is 71.8 Å². The molecule has 3 aromatic carbocycles. The van der Waals surface area contributed by atoms with Gasteiger partial charge in [0.05, 0.1) is 7.11 Å². The number of carbonyl (C=O) groups is 1. The van der Waals surface area contributed by atoms with Crippen LogP contribution in [0.4, 0.5) is 0 Å². The summed E-state index contributed by atoms with van der Waals surface area (Å²) < 4.78 is 10.7. The second-order valence-electron chi connectivity index (χ2n) is 5.33. The van der Waals surface area contributed by atoms with Crippen molar-refractivity contribution < 1.29 is 14.3 Å². The van der Waals surface area contributed by atoms with Crippen molar-refractivity contribution in [2.24, 2.45) is 0 Å². The number of fused-ring (bicyclic) bond motifs is 3. The van der Waals surface area contributed by atoms with E-state index in [0.717, 1.165) is 27.6 Å². The van der Waals surface area contributed by atoms with Gasteiger partial charge in [-0.2, -0.15) is 0 Å². The van der Waals surface area contributed by atoms with Gasteiger partial charge in [0.2, 0.25) is 0 Å². The van der Waals surface area contributed by atoms with E-state index in [4.69, 9.17) is 9.47 Å². The molecule has 0 spiro atoms. The number of esters is 1. The van der Waals surface area contributed by atoms with Gasteiger partial charge in [0.1, 0.15) is 17.4 Å². The second kappa shape index (κ2) is 4.88. The lowest BCUT2D eigenvalue weighted by atomic mass is 9.89. The molecular weight excluding hydrogens is 276 g/mol. The Bertz CT molecular complexity index is 865. The van der Waals surface area contributed by atoms with Gasteiger partial charge in [-0.1, -0.05) is 42.5 Å². The molecule has 1 aliphatic heterocycles. The van der Waals surface area contributed by atoms with Crippen LogP contribution in [0.2, 0.25) is 0 Å². The summed E-state index contributed by atoms with van der Waals surface area (Å²) in [5, 5.41) is 2.17. The van der Waals surface area contributed by atoms with Crippen molar-refractivity contribution in [3.8, 4) is 11.5 Å². The SMILES string of the molecule is COc1ccc(C2C(=O)Oc3ccc4ccccc4c32)cc1. The summed E-state index contributed by atoms with van der Waals surface area (Å²) in [7, 11) is 1.63. The molecule has 3 heteroatoms. The molecule has 4 rings (SSSR count). The molecule has 1 atom stereocenters. The van der Waals surface area contributed by atoms with Crippen molar-refractivity contribution in [2.45, 2.75) is 5.92 Å². The number of hydrogen-bond acceptors (Lipinski definition) is 3. The van der Waals surface area contributed by atoms with Crippen molar-refractivity contribution in [1.29, 1.82) is 0 Å². The zero-order chi connectivity index (χ0) is 15.1. The van der Waals surface area contributed by atoms with Crippen molar-refractivity contribution in [2.75, 3.05) is 7.11 Å². The molecule has 22 heavy (non-hydrogen) atoms. The molecule has 1 heterocycles. The molecule has 0 saturated heterocycles. The summed E-state index contributed by atoms with van der Waals surface area (Å²) in [6.07, 6.45) is 0. The molecule has 0 bridgehead atoms. The van der Waals surface area contributed by atoms with E-state index >= 15 is 0 Å². The Morgan fingerprint density at radius 3 is 2.50 bits per heavy atom. The Labute approximate surface area is 128 Å². The molecule has 1 unspecified atom stereocenters. The topological polar surface area (TPSA) is 35.5 Å². The van der Waals surface area contributed by atoms with Crippen LogP contribution in [0.3, 0.4) is 0 Å². The minimum Gasteiger partial charge on any atom is -0.497 e. The standard InChI is InChI=1S/C19H14O3/c1-21-14-9-6-13(7-10-14)17-18-15-5-3-2-4-12(15)8-11-16(18)22-19(17)20/h2-11,17H,1H3. The fourth-order valence-corrected chi connectivity index (χ4v) is 3.05. The third-order valence-corrected chi connectivity index (χ3v) is 4.11. The number of carbonyl (C=O) groups excluding carboxylic acids is 1. The molecule has 1 aliphatic rings. The van der Waals surface area contributed by atoms with Crippen LogP contribution in [0.25, 0.3) is 10.8 Å². The number of hydrogen-bond donors (Lipinski definition) is 0. The predicted octanol–water partition coefficient (Wildman–Crippen LogP) is 3.90. The molecule has 108 valence electrons. The Balaban J connectivity index is 1.92. The third kappa shape index (κ3) is 1.86. The van der Waals surface area contributed by atoms with Gasteiger partial charge in [-0.15, -0.1) is 0 Å². The largest absolute Gasteiger partial charge is 0.497 e. The van der Waals surface area contributed by atoms with Crippen LogP contribution in [0.15, 0.2) is 60.7 Å². The van der Waals surface area contributed by atoms with Crippen LogP contribution in [-0.2, 0) is 4.79 Å². The molecule has 0 aromatic heterocycles. The molecule has 0 amide bonds. The summed E-state index contributed by atoms with van der Waals surface area (Å²) in [4.78, 5) is 12.4. The first-order valence-corrected chi connectivity index (χ1v) is 7.15. The maximum absolute atomic E-state index is 12.4. The summed E-state index contributed by atoms with van der Waals surface area (Å²) >= 11 is 0. The van der Waals surface area contributed by atoms with Crippen molar-refractivity contribution >= 4 is 16.7 Å². The lowest BCUT2D eigenvalue weighted by Crippen LogP contribution is -2.11. The van der Waals surface area contributed by atoms with Crippen LogP contribution in [0, 0.1) is 0 Å². The Morgan fingerprint density at radius 1 is 0.955 bits per heavy atom. The predicted molar refractivity (Wildman–Crippen MR) is 84.4 cm³/mol. The molecule has 0 fully saturated rings. The highest BCUT2D eigenvalue weighted by Crippen LogP contribution is 2.43. The highest BCUT2D eigenvalue weighted by molar-refractivity contribution is 5.99. The maximum atomic E-state index is 12.4. The van der Waals surface area contributed by atoms with Gasteiger partial charge in [-0.3, -0.25) is 4.79 Å². The normalized spacial score (nSPS) is 16.4. The number of ether oxygens (including phenoxy) is 2. The van der Waals surface area contributed by atoms with Gasteiger partial charge in [0, 0.05) is 5.56 Å². The maximum Gasteiger partial charge on any atom is 0.323 e. The van der Waals surface area contributed by atoms with Gasteiger partial charge in [0.15, 0.2) is 0 Å². The van der Waals surface area contributed by atoms with Gasteiger partial charge in [-0.05, 0) is 34.5 Å². The Morgan fingerprint density at radius 2 is 1.73 bits per heavy atom. The van der Waals surface area contributed by atoms with Gasteiger partial charge < -0.3 is 9.47 Å². The molecule has 0 radical (unpaired) electrons. The summed E-state index contributed by atoms with van der Waals surface area (Å²) in [6.45, 7) is 0. The minimum absolute atomic E-state index is 0.225. The van der Waals surface area contributed by atoms with Gasteiger partial charge in [-0.25, -0.2) is 0 Å². The first kappa shape index (κ1) is 12.9. The zero-order valence-electron chi connectivity index (χ0n) is 12.1. The summed E-state index contributed by atoms with van der Waals surface area (Å²) in [6, 6.07) is 19.5. The second-order valence-corrected chi connectivity index (χ2v) is 5.33. The molecule has 3 aromatic rings. The number of benzene rings is 3. The zero-order valence-corrected chi connectivity index (χ0v) is 12.1. The Hall–Kier alpha value is -2.81. The van der Waals surface area contributed by atoms with Crippen molar-refractivity contribution in [3.63, 3.8) is 0 Å². The lowest BCUT2D eigenvalue weighted by molar-refractivity contribution is -0.133. The first-order valence-electron chi connectivity index (χ1n) is 7.15. The summed E-state index contributed by atoms with van der Waals surface area (Å²) in [5.74, 6) is 0.821. The minimum atomic E-state index is -0.382. The van der Waals surface area contributed by atoms with E-state index in [2.05, 4.69) is 0 Å². The van der Waals surface area contributed by atoms with Crippen LogP contribution in [0.1, 0.15) is 17.0 Å². The quantitative estimate of drug-likeness (QED) is 0.530. The van der Waals surface area contributed by atoms with E-state index in [1.165, 1.54) is 0 Å². The average molecular weight is 290 g/mol. The first-order chi connectivity index (χ1) is 10.8. The molecular formula is C19H14O3. The fraction of sp³-hybridized carbons (Fsp3) is 0.105. The van der Waals surface area contributed by atoms with E-state index in [0.29, 0.717) is 5.75 Å². The van der Waals surface area contributed by atoms with E-state index in [9.17, 15) is 4.79 Å². The monoisotopic (exact) mass is 290 g/mol. The van der Waals surface area contributed by atoms with Gasteiger partial charge >= 0.3 is 5.97 Å². The smallest absolute Gasteiger partial charge is 0.323 e. The van der Waals surface area contributed by atoms with Gasteiger partial charge in [0.25, 0.3) is 0 Å². The van der Waals surface area contributed by atoms with Crippen LogP contribution >= 0.6 is 0 Å². The molecule has 0 N–H and O–H groups in total. The van der Waals surface area contributed by atoms with Crippen LogP contribution in [0.5, 0.6) is 11.5 Å². The highest BCUT2D eigenvalue weighted by atomic mass is 16.5. The lowest BCUT2D eigenvalue weighted by Gasteiger charge is -2.11. The number of rotatable bonds is 2. The highest BCUT2D eigenvalue weighted by Gasteiger charge is 2.35. The molecule has 3 nitrogen and oxygen atoms in total. The third-order valence-electron chi connectivity index (χ3n) is 4.11.